The summed E-state index contributed by atoms with van der Waals surface area (Å²) >= 11 is 1.26. The number of aromatic nitrogens is 3. The summed E-state index contributed by atoms with van der Waals surface area (Å²) < 4.78 is 1.92. The highest BCUT2D eigenvalue weighted by atomic mass is 32.2. The first-order valence-corrected chi connectivity index (χ1v) is 9.91. The van der Waals surface area contributed by atoms with Crippen LogP contribution in [0.5, 0.6) is 0 Å². The van der Waals surface area contributed by atoms with Crippen molar-refractivity contribution >= 4 is 29.3 Å². The Morgan fingerprint density at radius 1 is 1.17 bits per heavy atom. The van der Waals surface area contributed by atoms with Crippen molar-refractivity contribution in [1.82, 2.24) is 14.8 Å². The third-order valence-corrected chi connectivity index (χ3v) is 5.18. The van der Waals surface area contributed by atoms with Gasteiger partial charge in [0.15, 0.2) is 11.0 Å². The van der Waals surface area contributed by atoms with Gasteiger partial charge in [-0.25, -0.2) is 0 Å². The average molecular weight is 407 g/mol. The molecule has 0 saturated heterocycles. The number of nitrogens with two attached hydrogens (primary N) is 1. The highest BCUT2D eigenvalue weighted by molar-refractivity contribution is 7.99. The molecule has 0 saturated carbocycles. The van der Waals surface area contributed by atoms with Gasteiger partial charge in [0.1, 0.15) is 0 Å². The van der Waals surface area contributed by atoms with E-state index in [0.29, 0.717) is 17.4 Å². The van der Waals surface area contributed by atoms with Gasteiger partial charge >= 0.3 is 0 Å². The summed E-state index contributed by atoms with van der Waals surface area (Å²) in [5, 5.41) is 11.9. The van der Waals surface area contributed by atoms with Crippen molar-refractivity contribution < 1.29 is 9.59 Å². The Bertz CT molecular complexity index is 1060. The molecular formula is C21H21N5O2S. The van der Waals surface area contributed by atoms with E-state index in [-0.39, 0.29) is 17.2 Å². The lowest BCUT2D eigenvalue weighted by atomic mass is 10.1. The molecule has 29 heavy (non-hydrogen) atoms. The topological polar surface area (TPSA) is 103 Å². The molecule has 1 aromatic heterocycles. The van der Waals surface area contributed by atoms with Gasteiger partial charge in [0, 0.05) is 12.1 Å². The van der Waals surface area contributed by atoms with E-state index in [9.17, 15) is 9.59 Å². The highest BCUT2D eigenvalue weighted by Gasteiger charge is 2.17. The number of hydrogen-bond donors (Lipinski definition) is 2. The summed E-state index contributed by atoms with van der Waals surface area (Å²) in [4.78, 5) is 23.9. The van der Waals surface area contributed by atoms with E-state index < -0.39 is 5.91 Å². The smallest absolute Gasteiger partial charge is 0.250 e. The van der Waals surface area contributed by atoms with Crippen LogP contribution in [-0.2, 0) is 11.3 Å². The van der Waals surface area contributed by atoms with E-state index in [4.69, 9.17) is 5.73 Å². The van der Waals surface area contributed by atoms with Crippen LogP contribution < -0.4 is 11.1 Å². The molecule has 0 bridgehead atoms. The van der Waals surface area contributed by atoms with Crippen molar-refractivity contribution in [2.45, 2.75) is 18.6 Å². The predicted molar refractivity (Wildman–Crippen MR) is 115 cm³/mol. The van der Waals surface area contributed by atoms with Crippen LogP contribution in [0.2, 0.25) is 0 Å². The zero-order chi connectivity index (χ0) is 20.8. The molecule has 0 atom stereocenters. The second-order valence-corrected chi connectivity index (χ2v) is 7.21. The fourth-order valence-corrected chi connectivity index (χ4v) is 3.58. The molecule has 7 nitrogen and oxygen atoms in total. The molecule has 2 aromatic carbocycles. The third kappa shape index (κ3) is 4.72. The average Bonchev–Trinajstić information content (AvgIpc) is 3.10. The second-order valence-electron chi connectivity index (χ2n) is 6.27. The molecule has 8 heteroatoms. The molecule has 0 aliphatic carbocycles. The Kier molecular flexibility index (Phi) is 6.46. The number of rotatable bonds is 8. The third-order valence-electron chi connectivity index (χ3n) is 4.21. The number of benzene rings is 2. The maximum atomic E-state index is 12.4. The number of thioether (sulfide) groups is 1. The summed E-state index contributed by atoms with van der Waals surface area (Å²) in [5.41, 5.74) is 8.07. The SMILES string of the molecule is C=CCn1c(SCC(=O)Nc2ccccc2C(N)=O)nnc1-c1ccccc1C. The Balaban J connectivity index is 1.76. The normalized spacial score (nSPS) is 10.5. The lowest BCUT2D eigenvalue weighted by Crippen LogP contribution is -2.19. The first-order valence-electron chi connectivity index (χ1n) is 8.93. The molecular weight excluding hydrogens is 386 g/mol. The fourth-order valence-electron chi connectivity index (χ4n) is 2.84. The van der Waals surface area contributed by atoms with Gasteiger partial charge in [-0.2, -0.15) is 0 Å². The molecule has 0 aliphatic rings. The lowest BCUT2D eigenvalue weighted by Gasteiger charge is -2.10. The number of amides is 2. The fraction of sp³-hybridized carbons (Fsp3) is 0.143. The molecule has 0 fully saturated rings. The maximum absolute atomic E-state index is 12.4. The highest BCUT2D eigenvalue weighted by Crippen LogP contribution is 2.26. The van der Waals surface area contributed by atoms with Gasteiger partial charge in [0.25, 0.3) is 5.91 Å². The predicted octanol–water partition coefficient (Wildman–Crippen LogP) is 3.27. The summed E-state index contributed by atoms with van der Waals surface area (Å²) in [6.07, 6.45) is 1.76. The summed E-state index contributed by atoms with van der Waals surface area (Å²) in [5.74, 6) is -0.0303. The molecule has 1 heterocycles. The minimum Gasteiger partial charge on any atom is -0.366 e. The van der Waals surface area contributed by atoms with Crippen molar-refractivity contribution in [2.24, 2.45) is 5.73 Å². The number of nitrogens with zero attached hydrogens (tertiary/aromatic N) is 3. The van der Waals surface area contributed by atoms with E-state index in [0.717, 1.165) is 17.0 Å². The zero-order valence-electron chi connectivity index (χ0n) is 16.0. The standard InChI is InChI=1S/C21H21N5O2S/c1-3-12-26-20(15-9-5-4-8-14(15)2)24-25-21(26)29-13-18(27)23-17-11-7-6-10-16(17)19(22)28/h3-11H,1,12-13H2,2H3,(H2,22,28)(H,23,27). The van der Waals surface area contributed by atoms with Gasteiger partial charge in [-0.05, 0) is 24.6 Å². The number of aryl methyl sites for hydroxylation is 1. The number of carbonyl (C=O) groups excluding carboxylic acids is 2. The van der Waals surface area contributed by atoms with Crippen LogP contribution in [-0.4, -0.2) is 32.3 Å². The van der Waals surface area contributed by atoms with Gasteiger partial charge in [0.05, 0.1) is 17.0 Å². The first kappa shape index (κ1) is 20.3. The number of primary amides is 1. The molecule has 2 amide bonds. The minimum absolute atomic E-state index is 0.107. The van der Waals surface area contributed by atoms with Gasteiger partial charge in [-0.3, -0.25) is 14.2 Å². The number of allylic oxidation sites excluding steroid dienone is 1. The molecule has 3 aromatic rings. The van der Waals surface area contributed by atoms with Crippen LogP contribution in [0.4, 0.5) is 5.69 Å². The van der Waals surface area contributed by atoms with Crippen LogP contribution in [0.3, 0.4) is 0 Å². The minimum atomic E-state index is -0.595. The second kappa shape index (κ2) is 9.20. The largest absolute Gasteiger partial charge is 0.366 e. The molecule has 3 rings (SSSR count). The van der Waals surface area contributed by atoms with E-state index in [1.54, 1.807) is 30.3 Å². The van der Waals surface area contributed by atoms with Crippen molar-refractivity contribution in [3.05, 3.63) is 72.3 Å². The molecule has 3 N–H and O–H groups in total. The van der Waals surface area contributed by atoms with Crippen LogP contribution in [0, 0.1) is 6.92 Å². The molecule has 0 spiro atoms. The molecule has 0 unspecified atom stereocenters. The Hall–Kier alpha value is -3.39. The van der Waals surface area contributed by atoms with Crippen LogP contribution in [0.25, 0.3) is 11.4 Å². The van der Waals surface area contributed by atoms with Gasteiger partial charge in [-0.15, -0.1) is 16.8 Å². The van der Waals surface area contributed by atoms with Crippen molar-refractivity contribution in [1.29, 1.82) is 0 Å². The molecule has 148 valence electrons. The van der Waals surface area contributed by atoms with Crippen molar-refractivity contribution in [3.8, 4) is 11.4 Å². The number of para-hydroxylation sites is 1. The van der Waals surface area contributed by atoms with E-state index in [1.165, 1.54) is 11.8 Å². The lowest BCUT2D eigenvalue weighted by molar-refractivity contribution is -0.113. The van der Waals surface area contributed by atoms with Crippen LogP contribution in [0.15, 0.2) is 66.3 Å². The van der Waals surface area contributed by atoms with Gasteiger partial charge in [-0.1, -0.05) is 54.2 Å². The van der Waals surface area contributed by atoms with Crippen LogP contribution in [0.1, 0.15) is 15.9 Å². The van der Waals surface area contributed by atoms with E-state index in [2.05, 4.69) is 22.1 Å². The molecule has 0 radical (unpaired) electrons. The van der Waals surface area contributed by atoms with E-state index in [1.807, 2.05) is 35.8 Å². The number of nitrogens with one attached hydrogen (secondary N) is 1. The maximum Gasteiger partial charge on any atom is 0.250 e. The summed E-state index contributed by atoms with van der Waals surface area (Å²) in [6.45, 7) is 6.33. The Morgan fingerprint density at radius 2 is 1.90 bits per heavy atom. The zero-order valence-corrected chi connectivity index (χ0v) is 16.8. The molecule has 0 aliphatic heterocycles. The number of hydrogen-bond acceptors (Lipinski definition) is 5. The first-order chi connectivity index (χ1) is 14.0. The van der Waals surface area contributed by atoms with Gasteiger partial charge < -0.3 is 11.1 Å². The Labute approximate surface area is 173 Å². The van der Waals surface area contributed by atoms with E-state index >= 15 is 0 Å². The quantitative estimate of drug-likeness (QED) is 0.441. The van der Waals surface area contributed by atoms with Crippen molar-refractivity contribution in [3.63, 3.8) is 0 Å². The van der Waals surface area contributed by atoms with Crippen molar-refractivity contribution in [2.75, 3.05) is 11.1 Å². The van der Waals surface area contributed by atoms with Gasteiger partial charge in [0.2, 0.25) is 5.91 Å². The van der Waals surface area contributed by atoms with Crippen LogP contribution >= 0.6 is 11.8 Å². The summed E-state index contributed by atoms with van der Waals surface area (Å²) in [7, 11) is 0. The Morgan fingerprint density at radius 3 is 2.62 bits per heavy atom. The summed E-state index contributed by atoms with van der Waals surface area (Å²) in [6, 6.07) is 14.5. The number of carbonyl (C=O) groups is 2. The number of anilines is 1. The monoisotopic (exact) mass is 407 g/mol.